The molecule has 0 aliphatic rings. The van der Waals surface area contributed by atoms with E-state index in [1.165, 1.54) is 0 Å². The number of nitrogens with one attached hydrogen (secondary N) is 3. The van der Waals surface area contributed by atoms with E-state index in [0.29, 0.717) is 29.9 Å². The summed E-state index contributed by atoms with van der Waals surface area (Å²) in [6, 6.07) is 29.5. The summed E-state index contributed by atoms with van der Waals surface area (Å²) < 4.78 is 0. The van der Waals surface area contributed by atoms with E-state index in [4.69, 9.17) is 0 Å². The van der Waals surface area contributed by atoms with Crippen LogP contribution in [0, 0.1) is 0 Å². The minimum atomic E-state index is -0.248. The Kier molecular flexibility index (Phi) is 7.30. The number of carbonyl (C=O) groups is 3. The average molecular weight is 452 g/mol. The Morgan fingerprint density at radius 3 is 1.88 bits per heavy atom. The Morgan fingerprint density at radius 1 is 0.588 bits per heavy atom. The van der Waals surface area contributed by atoms with Crippen LogP contribution in [0.2, 0.25) is 0 Å². The summed E-state index contributed by atoms with van der Waals surface area (Å²) >= 11 is 0. The van der Waals surface area contributed by atoms with Gasteiger partial charge in [0.25, 0.3) is 11.8 Å². The van der Waals surface area contributed by atoms with Crippen molar-refractivity contribution < 1.29 is 14.4 Å². The first-order chi connectivity index (χ1) is 16.6. The standard InChI is InChI=1S/C28H25N3O3/c32-26(19-23-11-6-10-20-7-4-5-12-25(20)23)31-24-15-13-22(14-16-24)28(34)30-18-17-29-27(33)21-8-2-1-3-9-21/h1-16H,17-19H2,(H,29,33)(H,30,34)(H,31,32). The Bertz CT molecular complexity index is 1300. The van der Waals surface area contributed by atoms with Crippen LogP contribution >= 0.6 is 0 Å². The summed E-state index contributed by atoms with van der Waals surface area (Å²) in [5.41, 5.74) is 2.64. The van der Waals surface area contributed by atoms with Gasteiger partial charge in [-0.2, -0.15) is 0 Å². The van der Waals surface area contributed by atoms with Gasteiger partial charge in [-0.05, 0) is 52.7 Å². The molecule has 6 heteroatoms. The first-order valence-corrected chi connectivity index (χ1v) is 11.1. The molecule has 0 unspecified atom stereocenters. The molecule has 0 aromatic heterocycles. The smallest absolute Gasteiger partial charge is 0.251 e. The highest BCUT2D eigenvalue weighted by Gasteiger charge is 2.09. The van der Waals surface area contributed by atoms with Gasteiger partial charge in [0.1, 0.15) is 0 Å². The molecule has 0 aliphatic carbocycles. The third-order valence-corrected chi connectivity index (χ3v) is 5.39. The van der Waals surface area contributed by atoms with Crippen LogP contribution < -0.4 is 16.0 Å². The van der Waals surface area contributed by atoms with Crippen molar-refractivity contribution in [3.63, 3.8) is 0 Å². The second-order valence-corrected chi connectivity index (χ2v) is 7.82. The lowest BCUT2D eigenvalue weighted by Crippen LogP contribution is -2.34. The molecule has 4 aromatic carbocycles. The van der Waals surface area contributed by atoms with E-state index in [1.807, 2.05) is 48.5 Å². The third kappa shape index (κ3) is 5.86. The van der Waals surface area contributed by atoms with Gasteiger partial charge in [-0.25, -0.2) is 0 Å². The number of carbonyl (C=O) groups excluding carboxylic acids is 3. The maximum atomic E-state index is 12.6. The van der Waals surface area contributed by atoms with Crippen LogP contribution in [0.15, 0.2) is 97.1 Å². The lowest BCUT2D eigenvalue weighted by Gasteiger charge is -2.09. The van der Waals surface area contributed by atoms with Gasteiger partial charge in [0.15, 0.2) is 0 Å². The summed E-state index contributed by atoms with van der Waals surface area (Å²) in [4.78, 5) is 36.9. The minimum absolute atomic E-state index is 0.122. The number of rotatable bonds is 8. The predicted octanol–water partition coefficient (Wildman–Crippen LogP) is 4.18. The van der Waals surface area contributed by atoms with Crippen molar-refractivity contribution in [3.05, 3.63) is 114 Å². The second kappa shape index (κ2) is 10.9. The zero-order valence-corrected chi connectivity index (χ0v) is 18.6. The molecule has 0 atom stereocenters. The summed E-state index contributed by atoms with van der Waals surface area (Å²) in [5, 5.41) is 10.6. The fourth-order valence-corrected chi connectivity index (χ4v) is 3.68. The molecule has 3 N–H and O–H groups in total. The number of amides is 3. The molecule has 0 spiro atoms. The number of hydrogen-bond acceptors (Lipinski definition) is 3. The summed E-state index contributed by atoms with van der Waals surface area (Å²) in [6.45, 7) is 0.628. The van der Waals surface area contributed by atoms with Crippen LogP contribution in [0.5, 0.6) is 0 Å². The van der Waals surface area contributed by atoms with E-state index in [1.54, 1.807) is 48.5 Å². The quantitative estimate of drug-likeness (QED) is 0.351. The van der Waals surface area contributed by atoms with Crippen molar-refractivity contribution in [2.45, 2.75) is 6.42 Å². The van der Waals surface area contributed by atoms with Crippen LogP contribution in [0.3, 0.4) is 0 Å². The average Bonchev–Trinajstić information content (AvgIpc) is 2.87. The largest absolute Gasteiger partial charge is 0.350 e. The molecule has 170 valence electrons. The van der Waals surface area contributed by atoms with Gasteiger partial charge in [0, 0.05) is 29.9 Å². The predicted molar refractivity (Wildman–Crippen MR) is 134 cm³/mol. The Labute approximate surface area is 198 Å². The van der Waals surface area contributed by atoms with E-state index in [2.05, 4.69) is 16.0 Å². The molecular weight excluding hydrogens is 426 g/mol. The zero-order valence-electron chi connectivity index (χ0n) is 18.6. The van der Waals surface area contributed by atoms with Gasteiger partial charge in [-0.1, -0.05) is 60.7 Å². The lowest BCUT2D eigenvalue weighted by molar-refractivity contribution is -0.115. The maximum absolute atomic E-state index is 12.6. The van der Waals surface area contributed by atoms with Crippen molar-refractivity contribution in [2.75, 3.05) is 18.4 Å². The van der Waals surface area contributed by atoms with Crippen LogP contribution in [0.25, 0.3) is 10.8 Å². The van der Waals surface area contributed by atoms with Crippen molar-refractivity contribution in [1.29, 1.82) is 0 Å². The van der Waals surface area contributed by atoms with Crippen LogP contribution in [0.1, 0.15) is 26.3 Å². The van der Waals surface area contributed by atoms with Gasteiger partial charge in [0.2, 0.25) is 5.91 Å². The molecule has 4 rings (SSSR count). The SMILES string of the molecule is O=C(Cc1cccc2ccccc12)Nc1ccc(C(=O)NCCNC(=O)c2ccccc2)cc1. The van der Waals surface area contributed by atoms with Gasteiger partial charge in [-0.3, -0.25) is 14.4 Å². The second-order valence-electron chi connectivity index (χ2n) is 7.82. The topological polar surface area (TPSA) is 87.3 Å². The first kappa shape index (κ1) is 22.7. The molecule has 0 saturated carbocycles. The first-order valence-electron chi connectivity index (χ1n) is 11.1. The van der Waals surface area contributed by atoms with E-state index in [-0.39, 0.29) is 24.1 Å². The third-order valence-electron chi connectivity index (χ3n) is 5.39. The lowest BCUT2D eigenvalue weighted by atomic mass is 10.0. The fraction of sp³-hybridized carbons (Fsp3) is 0.107. The molecule has 0 bridgehead atoms. The Hall–Kier alpha value is -4.45. The number of anilines is 1. The minimum Gasteiger partial charge on any atom is -0.350 e. The molecule has 0 aliphatic heterocycles. The van der Waals surface area contributed by atoms with Crippen molar-refractivity contribution in [2.24, 2.45) is 0 Å². The zero-order chi connectivity index (χ0) is 23.8. The molecule has 34 heavy (non-hydrogen) atoms. The maximum Gasteiger partial charge on any atom is 0.251 e. The van der Waals surface area contributed by atoms with Crippen LogP contribution in [-0.2, 0) is 11.2 Å². The molecule has 6 nitrogen and oxygen atoms in total. The highest BCUT2D eigenvalue weighted by atomic mass is 16.2. The van der Waals surface area contributed by atoms with E-state index in [0.717, 1.165) is 16.3 Å². The molecule has 0 radical (unpaired) electrons. The number of fused-ring (bicyclic) bond motifs is 1. The van der Waals surface area contributed by atoms with Crippen molar-refractivity contribution >= 4 is 34.2 Å². The molecule has 4 aromatic rings. The summed E-state index contributed by atoms with van der Waals surface area (Å²) in [6.07, 6.45) is 0.262. The Morgan fingerprint density at radius 2 is 1.18 bits per heavy atom. The molecule has 0 saturated heterocycles. The fourth-order valence-electron chi connectivity index (χ4n) is 3.68. The van der Waals surface area contributed by atoms with Gasteiger partial charge in [-0.15, -0.1) is 0 Å². The van der Waals surface area contributed by atoms with Crippen LogP contribution in [0.4, 0.5) is 5.69 Å². The number of benzene rings is 4. The molecule has 0 fully saturated rings. The molecule has 0 heterocycles. The van der Waals surface area contributed by atoms with E-state index >= 15 is 0 Å². The van der Waals surface area contributed by atoms with Crippen LogP contribution in [-0.4, -0.2) is 30.8 Å². The summed E-state index contributed by atoms with van der Waals surface area (Å²) in [5.74, 6) is -0.552. The monoisotopic (exact) mass is 451 g/mol. The number of hydrogen-bond donors (Lipinski definition) is 3. The Balaban J connectivity index is 1.25. The van der Waals surface area contributed by atoms with E-state index < -0.39 is 0 Å². The normalized spacial score (nSPS) is 10.5. The summed E-state index contributed by atoms with van der Waals surface area (Å²) in [7, 11) is 0. The van der Waals surface area contributed by atoms with E-state index in [9.17, 15) is 14.4 Å². The van der Waals surface area contributed by atoms with Crippen molar-refractivity contribution in [3.8, 4) is 0 Å². The molecule has 3 amide bonds. The van der Waals surface area contributed by atoms with Gasteiger partial charge in [0.05, 0.1) is 6.42 Å². The van der Waals surface area contributed by atoms with Crippen molar-refractivity contribution in [1.82, 2.24) is 10.6 Å². The highest BCUT2D eigenvalue weighted by molar-refractivity contribution is 5.98. The molecular formula is C28H25N3O3. The highest BCUT2D eigenvalue weighted by Crippen LogP contribution is 2.19. The van der Waals surface area contributed by atoms with Gasteiger partial charge < -0.3 is 16.0 Å². The van der Waals surface area contributed by atoms with Gasteiger partial charge >= 0.3 is 0 Å².